The Kier molecular flexibility index (Phi) is 6.75. The summed E-state index contributed by atoms with van der Waals surface area (Å²) in [7, 11) is 1.58. The van der Waals surface area contributed by atoms with Gasteiger partial charge in [0.25, 0.3) is 5.56 Å². The number of benzene rings is 2. The molecule has 0 radical (unpaired) electrons. The maximum atomic E-state index is 13.2. The number of amides is 2. The van der Waals surface area contributed by atoms with Gasteiger partial charge < -0.3 is 24.8 Å². The van der Waals surface area contributed by atoms with Gasteiger partial charge in [-0.3, -0.25) is 4.79 Å². The van der Waals surface area contributed by atoms with E-state index in [0.29, 0.717) is 23.5 Å². The summed E-state index contributed by atoms with van der Waals surface area (Å²) in [6.45, 7) is 5.67. The molecule has 1 aliphatic heterocycles. The Hall–Kier alpha value is -3.32. The number of urea groups is 1. The molecule has 7 heteroatoms. The third-order valence-corrected chi connectivity index (χ3v) is 5.96. The zero-order valence-electron chi connectivity index (χ0n) is 18.7. The summed E-state index contributed by atoms with van der Waals surface area (Å²) < 4.78 is 5.37. The number of nitrogens with one attached hydrogen (secondary N) is 2. The molecule has 1 fully saturated rings. The molecule has 3 aromatic rings. The van der Waals surface area contributed by atoms with Crippen LogP contribution in [0, 0.1) is 6.92 Å². The first-order valence-corrected chi connectivity index (χ1v) is 11.1. The van der Waals surface area contributed by atoms with Crippen molar-refractivity contribution in [1.29, 1.82) is 0 Å². The zero-order chi connectivity index (χ0) is 22.5. The fourth-order valence-corrected chi connectivity index (χ4v) is 4.16. The van der Waals surface area contributed by atoms with Gasteiger partial charge in [0.1, 0.15) is 5.75 Å². The maximum absolute atomic E-state index is 13.2. The van der Waals surface area contributed by atoms with Gasteiger partial charge in [0.2, 0.25) is 0 Å². The van der Waals surface area contributed by atoms with Crippen molar-refractivity contribution in [3.05, 3.63) is 70.0 Å². The molecule has 1 aliphatic rings. The molecule has 32 heavy (non-hydrogen) atoms. The highest BCUT2D eigenvalue weighted by Gasteiger charge is 2.20. The summed E-state index contributed by atoms with van der Waals surface area (Å²) >= 11 is 0. The van der Waals surface area contributed by atoms with Crippen molar-refractivity contribution >= 4 is 22.6 Å². The number of rotatable bonds is 7. The molecule has 7 nitrogen and oxygen atoms in total. The Balaban J connectivity index is 1.58. The lowest BCUT2D eigenvalue weighted by Gasteiger charge is -2.26. The number of hydrogen-bond donors (Lipinski definition) is 2. The van der Waals surface area contributed by atoms with Gasteiger partial charge in [0.05, 0.1) is 19.3 Å². The molecule has 2 aromatic carbocycles. The number of carbonyl (C=O) groups excluding carboxylic acids is 1. The number of aromatic amines is 1. The lowest BCUT2D eigenvalue weighted by atomic mass is 10.1. The van der Waals surface area contributed by atoms with Crippen LogP contribution in [0.5, 0.6) is 5.75 Å². The molecule has 0 bridgehead atoms. The van der Waals surface area contributed by atoms with Crippen molar-refractivity contribution in [2.24, 2.45) is 0 Å². The van der Waals surface area contributed by atoms with Gasteiger partial charge in [0, 0.05) is 24.2 Å². The first-order valence-electron chi connectivity index (χ1n) is 11.1. The van der Waals surface area contributed by atoms with Crippen LogP contribution in [0.2, 0.25) is 0 Å². The minimum absolute atomic E-state index is 0.169. The fourth-order valence-electron chi connectivity index (χ4n) is 4.16. The number of ether oxygens (including phenoxy) is 1. The van der Waals surface area contributed by atoms with E-state index in [9.17, 15) is 9.59 Å². The van der Waals surface area contributed by atoms with E-state index in [2.05, 4.69) is 15.2 Å². The Labute approximate surface area is 188 Å². The number of carbonyl (C=O) groups is 1. The molecule has 2 heterocycles. The quantitative estimate of drug-likeness (QED) is 0.590. The van der Waals surface area contributed by atoms with Gasteiger partial charge in [-0.1, -0.05) is 23.8 Å². The number of nitrogens with zero attached hydrogens (tertiary/aromatic N) is 2. The molecule has 0 spiro atoms. The smallest absolute Gasteiger partial charge is 0.322 e. The van der Waals surface area contributed by atoms with Crippen molar-refractivity contribution in [3.63, 3.8) is 0 Å². The highest BCUT2D eigenvalue weighted by atomic mass is 16.5. The summed E-state index contributed by atoms with van der Waals surface area (Å²) in [6, 6.07) is 14.9. The standard InChI is InChI=1S/C25H30N4O3/c1-18-9-10-21-19(15-18)16-20(24(30)26-21)17-29(14-13-28-11-5-6-12-28)25(31)27-22-7-3-4-8-23(22)32-2/h3-4,7-10,15-16H,5-6,11-14,17H2,1-2H3,(H,26,30)(H,27,31). The highest BCUT2D eigenvalue weighted by Crippen LogP contribution is 2.24. The van der Waals surface area contributed by atoms with Crippen LogP contribution in [-0.4, -0.2) is 54.1 Å². The molecule has 2 amide bonds. The van der Waals surface area contributed by atoms with Gasteiger partial charge in [0.15, 0.2) is 0 Å². The van der Waals surface area contributed by atoms with Crippen LogP contribution < -0.4 is 15.6 Å². The minimum atomic E-state index is -0.252. The normalized spacial score (nSPS) is 13.9. The van der Waals surface area contributed by atoms with Gasteiger partial charge >= 0.3 is 6.03 Å². The number of para-hydroxylation sites is 2. The summed E-state index contributed by atoms with van der Waals surface area (Å²) in [5, 5.41) is 3.92. The van der Waals surface area contributed by atoms with E-state index in [1.54, 1.807) is 24.1 Å². The summed E-state index contributed by atoms with van der Waals surface area (Å²) in [5.41, 5.74) is 2.92. The van der Waals surface area contributed by atoms with Crippen LogP contribution >= 0.6 is 0 Å². The minimum Gasteiger partial charge on any atom is -0.495 e. The number of fused-ring (bicyclic) bond motifs is 1. The van der Waals surface area contributed by atoms with Crippen LogP contribution in [-0.2, 0) is 6.54 Å². The largest absolute Gasteiger partial charge is 0.495 e. The molecule has 4 rings (SSSR count). The molecular weight excluding hydrogens is 404 g/mol. The molecule has 168 valence electrons. The Bertz CT molecular complexity index is 1150. The van der Waals surface area contributed by atoms with Gasteiger partial charge in [-0.15, -0.1) is 0 Å². The number of anilines is 1. The molecular formula is C25H30N4O3. The number of pyridine rings is 1. The number of aryl methyl sites for hydroxylation is 1. The topological polar surface area (TPSA) is 77.7 Å². The van der Waals surface area contributed by atoms with Crippen molar-refractivity contribution < 1.29 is 9.53 Å². The van der Waals surface area contributed by atoms with Crippen LogP contribution in [0.25, 0.3) is 10.9 Å². The van der Waals surface area contributed by atoms with Crippen LogP contribution in [0.15, 0.2) is 53.3 Å². The number of likely N-dealkylation sites (tertiary alicyclic amines) is 1. The average molecular weight is 435 g/mol. The Morgan fingerprint density at radius 1 is 1.16 bits per heavy atom. The fraction of sp³-hybridized carbons (Fsp3) is 0.360. The summed E-state index contributed by atoms with van der Waals surface area (Å²) in [4.78, 5) is 33.0. The van der Waals surface area contributed by atoms with Crippen LogP contribution in [0.3, 0.4) is 0 Å². The maximum Gasteiger partial charge on any atom is 0.322 e. The van der Waals surface area contributed by atoms with E-state index in [4.69, 9.17) is 4.74 Å². The van der Waals surface area contributed by atoms with Crippen LogP contribution in [0.1, 0.15) is 24.0 Å². The number of hydrogen-bond acceptors (Lipinski definition) is 4. The number of aromatic nitrogens is 1. The van der Waals surface area contributed by atoms with Crippen molar-refractivity contribution in [2.45, 2.75) is 26.3 Å². The van der Waals surface area contributed by atoms with Crippen molar-refractivity contribution in [3.8, 4) is 5.75 Å². The Morgan fingerprint density at radius 3 is 2.72 bits per heavy atom. The van der Waals surface area contributed by atoms with Gasteiger partial charge in [-0.25, -0.2) is 4.79 Å². The van der Waals surface area contributed by atoms with E-state index in [0.717, 1.165) is 36.1 Å². The van der Waals surface area contributed by atoms with Gasteiger partial charge in [-0.2, -0.15) is 0 Å². The molecule has 2 N–H and O–H groups in total. The molecule has 0 atom stereocenters. The molecule has 0 unspecified atom stereocenters. The molecule has 0 saturated carbocycles. The lowest BCUT2D eigenvalue weighted by molar-refractivity contribution is 0.197. The average Bonchev–Trinajstić information content (AvgIpc) is 3.31. The first-order chi connectivity index (χ1) is 15.5. The van der Waals surface area contributed by atoms with E-state index >= 15 is 0 Å². The number of methoxy groups -OCH3 is 1. The number of H-pyrrole nitrogens is 1. The second kappa shape index (κ2) is 9.87. The van der Waals surface area contributed by atoms with E-state index < -0.39 is 0 Å². The second-order valence-electron chi connectivity index (χ2n) is 8.32. The SMILES string of the molecule is COc1ccccc1NC(=O)N(CCN1CCCC1)Cc1cc2cc(C)ccc2[nH]c1=O. The molecule has 1 aromatic heterocycles. The second-order valence-corrected chi connectivity index (χ2v) is 8.32. The third-order valence-electron chi connectivity index (χ3n) is 5.96. The third kappa shape index (κ3) is 5.11. The van der Waals surface area contributed by atoms with Gasteiger partial charge in [-0.05, 0) is 68.6 Å². The molecule has 0 aliphatic carbocycles. The van der Waals surface area contributed by atoms with Crippen LogP contribution in [0.4, 0.5) is 10.5 Å². The van der Waals surface area contributed by atoms with Crippen molar-refractivity contribution in [1.82, 2.24) is 14.8 Å². The zero-order valence-corrected chi connectivity index (χ0v) is 18.7. The van der Waals surface area contributed by atoms with E-state index in [1.807, 2.05) is 43.3 Å². The summed E-state index contributed by atoms with van der Waals surface area (Å²) in [6.07, 6.45) is 2.38. The first kappa shape index (κ1) is 21.9. The highest BCUT2D eigenvalue weighted by molar-refractivity contribution is 5.91. The lowest BCUT2D eigenvalue weighted by Crippen LogP contribution is -2.41. The monoisotopic (exact) mass is 434 g/mol. The van der Waals surface area contributed by atoms with E-state index in [1.165, 1.54) is 12.8 Å². The van der Waals surface area contributed by atoms with E-state index in [-0.39, 0.29) is 18.1 Å². The van der Waals surface area contributed by atoms with Crippen molar-refractivity contribution in [2.75, 3.05) is 38.6 Å². The summed E-state index contributed by atoms with van der Waals surface area (Å²) in [5.74, 6) is 0.597. The Morgan fingerprint density at radius 2 is 1.94 bits per heavy atom. The predicted octanol–water partition coefficient (Wildman–Crippen LogP) is 3.98. The predicted molar refractivity (Wildman–Crippen MR) is 127 cm³/mol. The molecule has 1 saturated heterocycles.